The van der Waals surface area contributed by atoms with E-state index in [1.165, 1.54) is 64.2 Å². The number of nitrogens with zero attached hydrogens (tertiary/aromatic N) is 5. The SMILES string of the molecule is Cc1ccccc1-c1cc[c]([Ge]([CH3])([CH3])[CH3])c[n+]1C.[2H]C([2H])([2H])c1cc(C)c(-c2cc(C)c(C([2H])([2H])C(C)(C)C)c[n+]2C)cc1-c1ccc(C)cc1.[2H]C([2H])([2H])c1ccc(-c2cc(C)[c]([Ge]([CH3])([CH3])[CH3])c[n+]2C)c(C)c1.[2H]C([2H])([2H])c1ccc(-c2cc[c]([Ge]([CH3])([CH3])[CH3])c[n+]2C)c(C)c1.[2H]C([2H])(c1c[n+](C)c(-c2cc(-c3ccc(C)cc3)c([Si](C)(C)C)cc2C)cc1C)C(C)(C)C. The summed E-state index contributed by atoms with van der Waals surface area (Å²) in [5.41, 5.74) is 28.0. The second kappa shape index (κ2) is 38.0. The Morgan fingerprint density at radius 2 is 0.664 bits per heavy atom. The molecular weight excluding hydrogens is 1600 g/mol. The van der Waals surface area contributed by atoms with Crippen molar-refractivity contribution in [3.63, 3.8) is 0 Å². The van der Waals surface area contributed by atoms with Gasteiger partial charge in [-0.15, -0.1) is 0 Å². The number of hydrogen-bond acceptors (Lipinski definition) is 0. The van der Waals surface area contributed by atoms with Crippen LogP contribution in [0.25, 0.3) is 78.5 Å². The molecule has 5 aromatic heterocycles. The molecule has 5 heterocycles. The van der Waals surface area contributed by atoms with Crippen molar-refractivity contribution in [2.45, 2.75) is 216 Å². The zero-order chi connectivity index (χ0) is 97.5. The summed E-state index contributed by atoms with van der Waals surface area (Å²) in [6.45, 7) is 33.1. The Labute approximate surface area is 732 Å². The van der Waals surface area contributed by atoms with E-state index >= 15 is 0 Å². The maximum Gasteiger partial charge on any atom is 0.212 e. The van der Waals surface area contributed by atoms with Gasteiger partial charge in [0.2, 0.25) is 11.4 Å². The number of benzene rings is 7. The van der Waals surface area contributed by atoms with Gasteiger partial charge in [0.05, 0.1) is 8.07 Å². The van der Waals surface area contributed by atoms with Crippen LogP contribution in [0, 0.1) is 101 Å². The fraction of sp³-hybridized carbons (Fsp3) is 0.374. The van der Waals surface area contributed by atoms with Crippen molar-refractivity contribution >= 4 is 66.2 Å². The summed E-state index contributed by atoms with van der Waals surface area (Å²) in [7, 11) is 8.67. The van der Waals surface area contributed by atoms with Crippen LogP contribution in [-0.4, -0.2) is 47.9 Å². The van der Waals surface area contributed by atoms with Gasteiger partial charge in [0.1, 0.15) is 14.1 Å². The van der Waals surface area contributed by atoms with Gasteiger partial charge >= 0.3 is 366 Å². The predicted octanol–water partition coefficient (Wildman–Crippen LogP) is 23.6. The summed E-state index contributed by atoms with van der Waals surface area (Å²) in [5.74, 6) is 21.6. The molecule has 0 fully saturated rings. The molecule has 0 radical (unpaired) electrons. The van der Waals surface area contributed by atoms with E-state index in [1.54, 1.807) is 34.7 Å². The van der Waals surface area contributed by atoms with Crippen molar-refractivity contribution in [3.8, 4) is 78.5 Å². The van der Waals surface area contributed by atoms with Crippen LogP contribution in [0.3, 0.4) is 0 Å². The molecule has 0 aliphatic carbocycles. The number of hydrogen-bond donors (Lipinski definition) is 0. The molecular formula is C107H146Ge3N5Si+5. The van der Waals surface area contributed by atoms with Gasteiger partial charge in [0.15, 0.2) is 12.4 Å². The average molecular weight is 1760 g/mol. The summed E-state index contributed by atoms with van der Waals surface area (Å²) >= 11 is -5.45. The van der Waals surface area contributed by atoms with Crippen molar-refractivity contribution in [3.05, 3.63) is 290 Å². The van der Waals surface area contributed by atoms with Crippen molar-refractivity contribution in [2.75, 3.05) is 0 Å². The molecule has 7 aromatic carbocycles. The van der Waals surface area contributed by atoms with E-state index in [-0.39, 0.29) is 0 Å². The normalized spacial score (nSPS) is 14.1. The van der Waals surface area contributed by atoms with Gasteiger partial charge < -0.3 is 0 Å². The number of aromatic nitrogens is 5. The van der Waals surface area contributed by atoms with Crippen molar-refractivity contribution in [2.24, 2.45) is 46.1 Å². The van der Waals surface area contributed by atoms with Gasteiger partial charge in [0, 0.05) is 44.0 Å². The van der Waals surface area contributed by atoms with Gasteiger partial charge in [-0.25, -0.2) is 9.13 Å². The van der Waals surface area contributed by atoms with E-state index < -0.39 is 92.0 Å². The van der Waals surface area contributed by atoms with E-state index in [2.05, 4.69) is 254 Å². The predicted molar refractivity (Wildman–Crippen MR) is 516 cm³/mol. The first-order valence-electron chi connectivity index (χ1n) is 47.6. The Bertz CT molecular complexity index is 5810. The molecule has 116 heavy (non-hydrogen) atoms. The first kappa shape index (κ1) is 75.6. The smallest absolute Gasteiger partial charge is 0.201 e. The zero-order valence-electron chi connectivity index (χ0n) is 89.9. The number of pyridine rings is 5. The molecule has 0 bridgehead atoms. The van der Waals surface area contributed by atoms with Crippen LogP contribution in [0.4, 0.5) is 0 Å². The van der Waals surface area contributed by atoms with Crippen molar-refractivity contribution in [1.82, 2.24) is 0 Å². The quantitative estimate of drug-likeness (QED) is 0.0810. The van der Waals surface area contributed by atoms with Crippen LogP contribution >= 0.6 is 0 Å². The largest absolute Gasteiger partial charge is 0.212 e. The Balaban J connectivity index is 0.000000203. The molecule has 0 unspecified atom stereocenters. The van der Waals surface area contributed by atoms with Gasteiger partial charge in [-0.1, -0.05) is 138 Å². The van der Waals surface area contributed by atoms with E-state index in [1.807, 2.05) is 163 Å². The van der Waals surface area contributed by atoms with E-state index in [4.69, 9.17) is 17.8 Å². The molecule has 0 saturated heterocycles. The summed E-state index contributed by atoms with van der Waals surface area (Å²) in [6.07, 6.45) is 7.76. The van der Waals surface area contributed by atoms with Crippen LogP contribution in [0.15, 0.2) is 207 Å². The second-order valence-corrected chi connectivity index (χ2v) is 75.6. The maximum atomic E-state index is 8.79. The molecule has 9 heteroatoms. The van der Waals surface area contributed by atoms with Crippen LogP contribution in [0.2, 0.25) is 71.4 Å². The molecule has 0 atom stereocenters. The Morgan fingerprint density at radius 3 is 1.05 bits per heavy atom. The van der Waals surface area contributed by atoms with Gasteiger partial charge in [0.25, 0.3) is 0 Å². The van der Waals surface area contributed by atoms with E-state index in [0.29, 0.717) is 27.8 Å². The standard InChI is InChI=1S/C29H40NSi.C27H34N.C18H26GeN.C17H24GeN.C16H22GeN/c1-20-11-13-23(14-12-20)26-17-25(22(3)16-28(26)31(8,9)10)27-15-21(2)24(19-30(27)7)18-29(4,5)6;1-18-9-11-22(12-10-18)24-15-25(21(4)13-20(24)3)26-14-19(2)23(17-28(26)8)16-27(5,6)7;1-13-8-9-16(14(2)10-13)18-11-15(3)17(12-20(18)7)19(4,5)6;1-13-7-9-16(14(2)11-13)17-10-8-15(12-19(17)6)18(3,4)5;1-13-8-6-7-9-15(13)16-11-10-14(12-18(16)5)17(2,3)4/h11-17,19H,18H2,1-10H3;9-15,17H,16H2,1-8H3;8-12H,1-7H3;7-12H,1-6H3;6-12H,1-5H3/q5*+1/i18D2;3D3,16D2;2*1D3;. The molecule has 0 N–H and O–H groups in total. The molecule has 610 valence electrons. The average Bonchev–Trinajstić information content (AvgIpc) is 0.751. The third-order valence-corrected chi connectivity index (χ3v) is 36.5. The molecule has 12 rings (SSSR count). The van der Waals surface area contributed by atoms with Crippen LogP contribution in [0.5, 0.6) is 0 Å². The first-order chi connectivity index (χ1) is 58.9. The molecule has 5 nitrogen and oxygen atoms in total. The molecule has 0 aliphatic rings. The van der Waals surface area contributed by atoms with Crippen molar-refractivity contribution in [1.29, 1.82) is 0 Å². The molecule has 0 amide bonds. The first-order valence-corrected chi connectivity index (χ1v) is 66.7. The molecule has 12 aromatic rings. The minimum atomic E-state index is -2.23. The fourth-order valence-electron chi connectivity index (χ4n) is 14.9. The van der Waals surface area contributed by atoms with Crippen molar-refractivity contribution < 1.29 is 40.7 Å². The molecule has 0 saturated carbocycles. The Hall–Kier alpha value is -7.86. The van der Waals surface area contributed by atoms with Crippen LogP contribution in [0.1, 0.15) is 143 Å². The minimum absolute atomic E-state index is 0.340. The van der Waals surface area contributed by atoms with Crippen LogP contribution in [-0.2, 0) is 48.0 Å². The number of rotatable bonds is 13. The third-order valence-electron chi connectivity index (χ3n) is 21.5. The zero-order valence-corrected chi connectivity index (χ0v) is 84.2. The summed E-state index contributed by atoms with van der Waals surface area (Å²) in [6, 6.07) is 60.1. The Kier molecular flexibility index (Phi) is 24.8. The Morgan fingerprint density at radius 1 is 0.302 bits per heavy atom. The van der Waals surface area contributed by atoms with Crippen LogP contribution < -0.4 is 41.2 Å². The third kappa shape index (κ3) is 24.9. The van der Waals surface area contributed by atoms with E-state index in [9.17, 15) is 0 Å². The number of aryl methyl sites for hydroxylation is 18. The monoisotopic (exact) mass is 1760 g/mol. The molecule has 0 aliphatic heterocycles. The van der Waals surface area contributed by atoms with Gasteiger partial charge in [-0.2, -0.15) is 0 Å². The fourth-order valence-corrected chi connectivity index (χ4v) is 25.3. The van der Waals surface area contributed by atoms with E-state index in [0.717, 1.165) is 84.0 Å². The topological polar surface area (TPSA) is 19.4 Å². The maximum absolute atomic E-state index is 8.79. The van der Waals surface area contributed by atoms with Gasteiger partial charge in [-0.3, -0.25) is 0 Å². The minimum Gasteiger partial charge on any atom is -0.201 e. The summed E-state index contributed by atoms with van der Waals surface area (Å²) in [4.78, 5) is 0. The molecule has 0 spiro atoms. The van der Waals surface area contributed by atoms with Gasteiger partial charge in [-0.05, 0) is 134 Å². The summed E-state index contributed by atoms with van der Waals surface area (Å²) in [5, 5.41) is 1.48. The second-order valence-electron chi connectivity index (χ2n) is 38.7. The summed E-state index contributed by atoms with van der Waals surface area (Å²) < 4.78 is 120.